The molecule has 0 radical (unpaired) electrons. The van der Waals surface area contributed by atoms with Gasteiger partial charge in [0.2, 0.25) is 5.91 Å². The molecule has 2 N–H and O–H groups in total. The van der Waals surface area contributed by atoms with Gasteiger partial charge in [0, 0.05) is 24.4 Å². The van der Waals surface area contributed by atoms with Crippen LogP contribution in [-0.4, -0.2) is 32.7 Å². The van der Waals surface area contributed by atoms with Crippen molar-refractivity contribution < 1.29 is 9.53 Å². The van der Waals surface area contributed by atoms with Crippen LogP contribution >= 0.6 is 24.0 Å². The van der Waals surface area contributed by atoms with Crippen LogP contribution in [0.15, 0.2) is 18.2 Å². The molecule has 1 aromatic carbocycles. The molecule has 4 nitrogen and oxygen atoms in total. The first-order valence-electron chi connectivity index (χ1n) is 5.39. The van der Waals surface area contributed by atoms with Crippen molar-refractivity contribution in [2.24, 2.45) is 0 Å². The Balaban J connectivity index is 0.00000289. The summed E-state index contributed by atoms with van der Waals surface area (Å²) in [6.45, 7) is 3.37. The van der Waals surface area contributed by atoms with E-state index in [9.17, 15) is 4.79 Å². The monoisotopic (exact) mass is 292 g/mol. The van der Waals surface area contributed by atoms with Gasteiger partial charge in [0.1, 0.15) is 0 Å². The van der Waals surface area contributed by atoms with E-state index in [-0.39, 0.29) is 24.9 Å². The third-order valence-electron chi connectivity index (χ3n) is 2.31. The molecule has 0 saturated carbocycles. The van der Waals surface area contributed by atoms with Crippen molar-refractivity contribution in [1.82, 2.24) is 5.32 Å². The molecule has 102 valence electrons. The molecule has 0 bridgehead atoms. The predicted octanol–water partition coefficient (Wildman–Crippen LogP) is 2.24. The summed E-state index contributed by atoms with van der Waals surface area (Å²) in [6.07, 6.45) is 0. The summed E-state index contributed by atoms with van der Waals surface area (Å²) in [4.78, 5) is 11.6. The number of ether oxygens (including phenoxy) is 1. The van der Waals surface area contributed by atoms with Gasteiger partial charge in [0.25, 0.3) is 0 Å². The van der Waals surface area contributed by atoms with Crippen molar-refractivity contribution in [1.29, 1.82) is 0 Å². The van der Waals surface area contributed by atoms with Crippen molar-refractivity contribution in [2.45, 2.75) is 6.92 Å². The van der Waals surface area contributed by atoms with E-state index in [1.54, 1.807) is 13.2 Å². The maximum Gasteiger partial charge on any atom is 0.238 e. The summed E-state index contributed by atoms with van der Waals surface area (Å²) >= 11 is 5.96. The molecule has 0 saturated heterocycles. The minimum Gasteiger partial charge on any atom is -0.383 e. The van der Waals surface area contributed by atoms with Crippen LogP contribution in [0.1, 0.15) is 5.56 Å². The van der Waals surface area contributed by atoms with Gasteiger partial charge in [-0.1, -0.05) is 17.7 Å². The Morgan fingerprint density at radius 1 is 1.44 bits per heavy atom. The van der Waals surface area contributed by atoms with Crippen molar-refractivity contribution in [3.8, 4) is 0 Å². The average molecular weight is 293 g/mol. The first-order chi connectivity index (χ1) is 8.15. The summed E-state index contributed by atoms with van der Waals surface area (Å²) < 4.78 is 4.87. The average Bonchev–Trinajstić information content (AvgIpc) is 2.31. The number of hydrogen-bond acceptors (Lipinski definition) is 3. The van der Waals surface area contributed by atoms with E-state index in [2.05, 4.69) is 10.6 Å². The van der Waals surface area contributed by atoms with Gasteiger partial charge in [-0.15, -0.1) is 12.4 Å². The normalized spacial score (nSPS) is 9.72. The second-order valence-electron chi connectivity index (χ2n) is 3.63. The number of methoxy groups -OCH3 is 1. The molecule has 0 atom stereocenters. The highest BCUT2D eigenvalue weighted by atomic mass is 35.5. The minimum absolute atomic E-state index is 0. The summed E-state index contributed by atoms with van der Waals surface area (Å²) in [5.41, 5.74) is 1.62. The molecule has 0 unspecified atom stereocenters. The lowest BCUT2D eigenvalue weighted by Gasteiger charge is -2.09. The van der Waals surface area contributed by atoms with Crippen LogP contribution in [0.5, 0.6) is 0 Å². The van der Waals surface area contributed by atoms with Crippen LogP contribution in [-0.2, 0) is 9.53 Å². The Hall–Kier alpha value is -0.810. The van der Waals surface area contributed by atoms with Gasteiger partial charge in [-0.3, -0.25) is 4.79 Å². The Bertz CT molecular complexity index is 386. The summed E-state index contributed by atoms with van der Waals surface area (Å²) in [7, 11) is 1.62. The fraction of sp³-hybridized carbons (Fsp3) is 0.417. The second kappa shape index (κ2) is 9.16. The second-order valence-corrected chi connectivity index (χ2v) is 4.04. The molecule has 0 aromatic heterocycles. The Morgan fingerprint density at radius 3 is 2.83 bits per heavy atom. The molecule has 1 aromatic rings. The van der Waals surface area contributed by atoms with E-state index in [1.807, 2.05) is 19.1 Å². The molecule has 0 spiro atoms. The maximum absolute atomic E-state index is 11.6. The summed E-state index contributed by atoms with van der Waals surface area (Å²) in [6, 6.07) is 5.43. The van der Waals surface area contributed by atoms with Gasteiger partial charge in [-0.05, 0) is 24.6 Å². The lowest BCUT2D eigenvalue weighted by Crippen LogP contribution is -2.30. The minimum atomic E-state index is -0.0912. The van der Waals surface area contributed by atoms with Gasteiger partial charge in [-0.2, -0.15) is 0 Å². The largest absolute Gasteiger partial charge is 0.383 e. The van der Waals surface area contributed by atoms with Crippen molar-refractivity contribution in [3.63, 3.8) is 0 Å². The zero-order valence-electron chi connectivity index (χ0n) is 10.5. The molecule has 0 aliphatic heterocycles. The van der Waals surface area contributed by atoms with Crippen molar-refractivity contribution in [3.05, 3.63) is 28.8 Å². The highest BCUT2D eigenvalue weighted by molar-refractivity contribution is 6.31. The molecule has 1 rings (SSSR count). The molecular weight excluding hydrogens is 275 g/mol. The zero-order chi connectivity index (χ0) is 12.7. The standard InChI is InChI=1S/C12H17ClN2O2.ClH/c1-9-10(13)4-3-5-11(9)15-12(16)8-14-6-7-17-2;/h3-5,14H,6-8H2,1-2H3,(H,15,16);1H. The number of amides is 1. The third-order valence-corrected chi connectivity index (χ3v) is 2.72. The molecule has 1 amide bonds. The maximum atomic E-state index is 11.6. The zero-order valence-corrected chi connectivity index (χ0v) is 12.0. The molecule has 0 aliphatic rings. The first kappa shape index (κ1) is 17.2. The highest BCUT2D eigenvalue weighted by Crippen LogP contribution is 2.22. The fourth-order valence-electron chi connectivity index (χ4n) is 1.31. The topological polar surface area (TPSA) is 50.4 Å². The van der Waals surface area contributed by atoms with Crippen LogP contribution in [0.25, 0.3) is 0 Å². The lowest BCUT2D eigenvalue weighted by atomic mass is 10.2. The van der Waals surface area contributed by atoms with Crippen LogP contribution in [0, 0.1) is 6.92 Å². The number of carbonyl (C=O) groups excluding carboxylic acids is 1. The molecule has 0 heterocycles. The van der Waals surface area contributed by atoms with Crippen molar-refractivity contribution >= 4 is 35.6 Å². The Kier molecular flexibility index (Phi) is 8.75. The first-order valence-corrected chi connectivity index (χ1v) is 5.77. The molecule has 6 heteroatoms. The SMILES string of the molecule is COCCNCC(=O)Nc1cccc(Cl)c1C.Cl. The summed E-state index contributed by atoms with van der Waals surface area (Å²) in [5, 5.41) is 6.42. The number of rotatable bonds is 6. The van der Waals surface area contributed by atoms with Gasteiger partial charge in [0.15, 0.2) is 0 Å². The number of nitrogens with one attached hydrogen (secondary N) is 2. The predicted molar refractivity (Wildman–Crippen MR) is 76.8 cm³/mol. The van der Waals surface area contributed by atoms with E-state index >= 15 is 0 Å². The quantitative estimate of drug-likeness (QED) is 0.791. The fourth-order valence-corrected chi connectivity index (χ4v) is 1.49. The van der Waals surface area contributed by atoms with Crippen LogP contribution in [0.4, 0.5) is 5.69 Å². The highest BCUT2D eigenvalue weighted by Gasteiger charge is 2.05. The number of benzene rings is 1. The lowest BCUT2D eigenvalue weighted by molar-refractivity contribution is -0.115. The number of halogens is 2. The molecule has 0 aliphatic carbocycles. The number of hydrogen-bond donors (Lipinski definition) is 2. The Labute approximate surface area is 118 Å². The number of carbonyl (C=O) groups is 1. The van der Waals surface area contributed by atoms with Gasteiger partial charge < -0.3 is 15.4 Å². The molecule has 18 heavy (non-hydrogen) atoms. The molecule has 0 fully saturated rings. The van der Waals surface area contributed by atoms with Gasteiger partial charge in [0.05, 0.1) is 13.2 Å². The van der Waals surface area contributed by atoms with Crippen molar-refractivity contribution in [2.75, 3.05) is 32.1 Å². The van der Waals surface area contributed by atoms with Crippen LogP contribution in [0.3, 0.4) is 0 Å². The van der Waals surface area contributed by atoms with Gasteiger partial charge >= 0.3 is 0 Å². The van der Waals surface area contributed by atoms with E-state index in [0.717, 1.165) is 11.3 Å². The van der Waals surface area contributed by atoms with E-state index in [0.29, 0.717) is 18.2 Å². The molecular formula is C12H18Cl2N2O2. The smallest absolute Gasteiger partial charge is 0.238 e. The third kappa shape index (κ3) is 5.69. The van der Waals surface area contributed by atoms with Gasteiger partial charge in [-0.25, -0.2) is 0 Å². The summed E-state index contributed by atoms with van der Waals surface area (Å²) in [5.74, 6) is -0.0912. The van der Waals surface area contributed by atoms with E-state index < -0.39 is 0 Å². The van der Waals surface area contributed by atoms with E-state index in [4.69, 9.17) is 16.3 Å². The van der Waals surface area contributed by atoms with Crippen LogP contribution in [0.2, 0.25) is 5.02 Å². The Morgan fingerprint density at radius 2 is 2.17 bits per heavy atom. The van der Waals surface area contributed by atoms with E-state index in [1.165, 1.54) is 0 Å². The van der Waals surface area contributed by atoms with Crippen LogP contribution < -0.4 is 10.6 Å². The number of anilines is 1.